The first-order chi connectivity index (χ1) is 7.93. The zero-order chi connectivity index (χ0) is 13.4. The molecule has 3 heteroatoms. The van der Waals surface area contributed by atoms with Crippen molar-refractivity contribution in [1.29, 1.82) is 0 Å². The van der Waals surface area contributed by atoms with Gasteiger partial charge in [-0.1, -0.05) is 34.6 Å². The van der Waals surface area contributed by atoms with Crippen molar-refractivity contribution in [1.82, 2.24) is 0 Å². The highest BCUT2D eigenvalue weighted by Crippen LogP contribution is 2.27. The number of ether oxygens (including phenoxy) is 1. The average Bonchev–Trinajstić information content (AvgIpc) is 2.23. The molecule has 3 nitrogen and oxygen atoms in total. The van der Waals surface area contributed by atoms with Crippen LogP contribution in [0.2, 0.25) is 0 Å². The molecule has 0 rings (SSSR count). The van der Waals surface area contributed by atoms with Crippen LogP contribution in [0, 0.1) is 23.7 Å². The first-order valence-electron chi connectivity index (χ1n) is 6.70. The predicted molar refractivity (Wildman–Crippen MR) is 69.6 cm³/mol. The van der Waals surface area contributed by atoms with Gasteiger partial charge in [0.15, 0.2) is 0 Å². The minimum Gasteiger partial charge on any atom is -0.465 e. The molecule has 0 saturated carbocycles. The molecule has 0 spiro atoms. The normalized spacial score (nSPS) is 15.1. The zero-order valence-corrected chi connectivity index (χ0v) is 11.9. The lowest BCUT2D eigenvalue weighted by atomic mass is 9.78. The summed E-state index contributed by atoms with van der Waals surface area (Å²) in [5.74, 6) is 1.12. The Kier molecular flexibility index (Phi) is 8.23. The molecule has 0 aliphatic heterocycles. The molecular weight excluding hydrogens is 216 g/mol. The van der Waals surface area contributed by atoms with Crippen molar-refractivity contribution in [3.8, 4) is 0 Å². The highest BCUT2D eigenvalue weighted by molar-refractivity contribution is 5.69. The molecule has 0 heterocycles. The molecule has 1 N–H and O–H groups in total. The van der Waals surface area contributed by atoms with Crippen LogP contribution < -0.4 is 0 Å². The van der Waals surface area contributed by atoms with Crippen LogP contribution in [0.3, 0.4) is 0 Å². The number of hydrogen-bond donors (Lipinski definition) is 1. The van der Waals surface area contributed by atoms with E-state index in [4.69, 9.17) is 4.74 Å². The smallest absolute Gasteiger partial charge is 0.305 e. The quantitative estimate of drug-likeness (QED) is 0.668. The Morgan fingerprint density at radius 3 is 2.00 bits per heavy atom. The fourth-order valence-corrected chi connectivity index (χ4v) is 2.12. The van der Waals surface area contributed by atoms with E-state index < -0.39 is 0 Å². The second-order valence-electron chi connectivity index (χ2n) is 5.43. The summed E-state index contributed by atoms with van der Waals surface area (Å²) in [6.07, 6.45) is 1.30. The van der Waals surface area contributed by atoms with E-state index >= 15 is 0 Å². The first-order valence-corrected chi connectivity index (χ1v) is 6.70. The number of aliphatic hydroxyl groups excluding tert-OH is 1. The van der Waals surface area contributed by atoms with Crippen molar-refractivity contribution in [3.05, 3.63) is 0 Å². The van der Waals surface area contributed by atoms with E-state index in [2.05, 4.69) is 27.7 Å². The molecule has 0 aliphatic rings. The third-order valence-electron chi connectivity index (χ3n) is 3.36. The van der Waals surface area contributed by atoms with E-state index in [1.54, 1.807) is 0 Å². The van der Waals surface area contributed by atoms with Crippen LogP contribution >= 0.6 is 0 Å². The number of carbonyl (C=O) groups is 1. The fourth-order valence-electron chi connectivity index (χ4n) is 2.12. The van der Waals surface area contributed by atoms with Crippen LogP contribution in [0.15, 0.2) is 0 Å². The fraction of sp³-hybridized carbons (Fsp3) is 0.929. The molecule has 0 aliphatic carbocycles. The summed E-state index contributed by atoms with van der Waals surface area (Å²) in [6, 6.07) is 0. The monoisotopic (exact) mass is 244 g/mol. The third kappa shape index (κ3) is 6.06. The van der Waals surface area contributed by atoms with E-state index in [0.717, 1.165) is 6.42 Å². The van der Waals surface area contributed by atoms with Gasteiger partial charge in [-0.2, -0.15) is 0 Å². The highest BCUT2D eigenvalue weighted by Gasteiger charge is 2.27. The average molecular weight is 244 g/mol. The van der Waals surface area contributed by atoms with Crippen molar-refractivity contribution >= 4 is 5.97 Å². The van der Waals surface area contributed by atoms with Crippen LogP contribution in [0.1, 0.15) is 47.5 Å². The van der Waals surface area contributed by atoms with Crippen LogP contribution in [0.25, 0.3) is 0 Å². The number of carbonyl (C=O) groups excluding carboxylic acids is 1. The Labute approximate surface area is 106 Å². The van der Waals surface area contributed by atoms with Crippen molar-refractivity contribution in [2.45, 2.75) is 47.5 Å². The van der Waals surface area contributed by atoms with Gasteiger partial charge in [0.1, 0.15) is 0 Å². The van der Waals surface area contributed by atoms with E-state index in [9.17, 15) is 9.90 Å². The maximum Gasteiger partial charge on any atom is 0.305 e. The third-order valence-corrected chi connectivity index (χ3v) is 3.36. The van der Waals surface area contributed by atoms with Crippen LogP contribution in [-0.2, 0) is 9.53 Å². The lowest BCUT2D eigenvalue weighted by Gasteiger charge is -2.31. The summed E-state index contributed by atoms with van der Waals surface area (Å²) in [6.45, 7) is 11.0. The second kappa shape index (κ2) is 8.51. The number of hydrogen-bond acceptors (Lipinski definition) is 3. The largest absolute Gasteiger partial charge is 0.465 e. The van der Waals surface area contributed by atoms with Crippen molar-refractivity contribution in [2.24, 2.45) is 23.7 Å². The summed E-state index contributed by atoms with van der Waals surface area (Å²) in [4.78, 5) is 11.4. The standard InChI is InChI=1S/C14H28O3/c1-6-7-14(16)17-9-13(11(4)5)12(8-15)10(2)3/h10-13,15H,6-9H2,1-5H3. The lowest BCUT2D eigenvalue weighted by Crippen LogP contribution is -2.32. The molecular formula is C14H28O3. The van der Waals surface area contributed by atoms with Crippen molar-refractivity contribution < 1.29 is 14.6 Å². The summed E-state index contributed by atoms with van der Waals surface area (Å²) < 4.78 is 5.29. The topological polar surface area (TPSA) is 46.5 Å². The summed E-state index contributed by atoms with van der Waals surface area (Å²) in [5.41, 5.74) is 0. The Morgan fingerprint density at radius 1 is 1.12 bits per heavy atom. The Bertz CT molecular complexity index is 212. The van der Waals surface area contributed by atoms with E-state index in [1.807, 2.05) is 6.92 Å². The van der Waals surface area contributed by atoms with E-state index in [0.29, 0.717) is 24.9 Å². The molecule has 0 fully saturated rings. The number of aliphatic hydroxyl groups is 1. The van der Waals surface area contributed by atoms with Crippen molar-refractivity contribution in [3.63, 3.8) is 0 Å². The Hall–Kier alpha value is -0.570. The van der Waals surface area contributed by atoms with Gasteiger partial charge in [0.05, 0.1) is 6.61 Å². The number of esters is 1. The van der Waals surface area contributed by atoms with Gasteiger partial charge in [-0.25, -0.2) is 0 Å². The van der Waals surface area contributed by atoms with Gasteiger partial charge in [-0.15, -0.1) is 0 Å². The highest BCUT2D eigenvalue weighted by atomic mass is 16.5. The minimum atomic E-state index is -0.126. The van der Waals surface area contributed by atoms with Gasteiger partial charge in [0.25, 0.3) is 0 Å². The molecule has 0 amide bonds. The number of rotatable bonds is 8. The lowest BCUT2D eigenvalue weighted by molar-refractivity contribution is -0.146. The van der Waals surface area contributed by atoms with Gasteiger partial charge in [-0.3, -0.25) is 4.79 Å². The zero-order valence-electron chi connectivity index (χ0n) is 11.9. The first kappa shape index (κ1) is 16.4. The van der Waals surface area contributed by atoms with Gasteiger partial charge >= 0.3 is 5.97 Å². The Morgan fingerprint density at radius 2 is 1.65 bits per heavy atom. The minimum absolute atomic E-state index is 0.126. The molecule has 0 saturated heterocycles. The molecule has 0 aromatic rings. The maximum atomic E-state index is 11.4. The van der Waals surface area contributed by atoms with Crippen molar-refractivity contribution in [2.75, 3.05) is 13.2 Å². The molecule has 2 atom stereocenters. The van der Waals surface area contributed by atoms with E-state index in [1.165, 1.54) is 0 Å². The SMILES string of the molecule is CCCC(=O)OCC(C(C)C)C(CO)C(C)C. The molecule has 0 aromatic heterocycles. The second-order valence-corrected chi connectivity index (χ2v) is 5.43. The summed E-state index contributed by atoms with van der Waals surface area (Å²) in [5, 5.41) is 9.44. The van der Waals surface area contributed by atoms with Gasteiger partial charge in [-0.05, 0) is 24.2 Å². The van der Waals surface area contributed by atoms with Crippen LogP contribution in [0.4, 0.5) is 0 Å². The summed E-state index contributed by atoms with van der Waals surface area (Å²) in [7, 11) is 0. The van der Waals surface area contributed by atoms with Crippen LogP contribution in [0.5, 0.6) is 0 Å². The van der Waals surface area contributed by atoms with Gasteiger partial charge in [0.2, 0.25) is 0 Å². The molecule has 0 bridgehead atoms. The van der Waals surface area contributed by atoms with Crippen LogP contribution in [-0.4, -0.2) is 24.3 Å². The van der Waals surface area contributed by atoms with Gasteiger partial charge in [0, 0.05) is 18.9 Å². The molecule has 2 unspecified atom stereocenters. The molecule has 0 radical (unpaired) electrons. The van der Waals surface area contributed by atoms with Gasteiger partial charge < -0.3 is 9.84 Å². The predicted octanol–water partition coefficient (Wildman–Crippen LogP) is 2.87. The molecule has 0 aromatic carbocycles. The Balaban J connectivity index is 4.37. The molecule has 17 heavy (non-hydrogen) atoms. The van der Waals surface area contributed by atoms with E-state index in [-0.39, 0.29) is 24.4 Å². The maximum absolute atomic E-state index is 11.4. The molecule has 102 valence electrons. The summed E-state index contributed by atoms with van der Waals surface area (Å²) >= 11 is 0.